The first-order chi connectivity index (χ1) is 14.1. The predicted molar refractivity (Wildman–Crippen MR) is 114 cm³/mol. The molecule has 152 valence electrons. The third-order valence-corrected chi connectivity index (χ3v) is 6.33. The fourth-order valence-corrected chi connectivity index (χ4v) is 4.33. The molecule has 1 aliphatic heterocycles. The summed E-state index contributed by atoms with van der Waals surface area (Å²) in [6.07, 6.45) is 10.2. The number of likely N-dealkylation sites (tertiary alicyclic amines) is 1. The van der Waals surface area contributed by atoms with E-state index in [1.165, 1.54) is 11.1 Å². The van der Waals surface area contributed by atoms with Gasteiger partial charge in [-0.1, -0.05) is 11.1 Å². The first-order valence-electron chi connectivity index (χ1n) is 10.5. The Labute approximate surface area is 172 Å². The molecule has 0 bridgehead atoms. The van der Waals surface area contributed by atoms with Gasteiger partial charge in [-0.15, -0.1) is 0 Å². The van der Waals surface area contributed by atoms with E-state index in [0.717, 1.165) is 56.6 Å². The van der Waals surface area contributed by atoms with E-state index in [1.807, 2.05) is 12.3 Å². The van der Waals surface area contributed by atoms with Gasteiger partial charge in [0, 0.05) is 43.0 Å². The Morgan fingerprint density at radius 3 is 2.45 bits per heavy atom. The minimum Gasteiger partial charge on any atom is -0.342 e. The van der Waals surface area contributed by atoms with Crippen LogP contribution < -0.4 is 5.32 Å². The lowest BCUT2D eigenvalue weighted by molar-refractivity contribution is -0.137. The van der Waals surface area contributed by atoms with Gasteiger partial charge in [-0.25, -0.2) is 9.97 Å². The third-order valence-electron chi connectivity index (χ3n) is 6.33. The van der Waals surface area contributed by atoms with Gasteiger partial charge in [0.2, 0.25) is 11.9 Å². The number of amides is 1. The Morgan fingerprint density at radius 2 is 1.79 bits per heavy atom. The molecule has 0 saturated carbocycles. The average molecular weight is 392 g/mol. The van der Waals surface area contributed by atoms with Gasteiger partial charge < -0.3 is 10.2 Å². The van der Waals surface area contributed by atoms with Gasteiger partial charge in [-0.3, -0.25) is 9.78 Å². The minimum absolute atomic E-state index is 0.180. The summed E-state index contributed by atoms with van der Waals surface area (Å²) in [6.45, 7) is 6.04. The lowest BCUT2D eigenvalue weighted by atomic mass is 9.83. The van der Waals surface area contributed by atoms with Gasteiger partial charge in [0.05, 0.1) is 11.9 Å². The molecule has 1 atom stereocenters. The second-order valence-electron chi connectivity index (χ2n) is 8.27. The molecule has 6 nitrogen and oxygen atoms in total. The average Bonchev–Trinajstić information content (AvgIpc) is 2.77. The number of rotatable bonds is 4. The number of nitrogens with one attached hydrogen (secondary N) is 1. The Morgan fingerprint density at radius 1 is 1.03 bits per heavy atom. The van der Waals surface area contributed by atoms with E-state index in [1.54, 1.807) is 18.5 Å². The van der Waals surface area contributed by atoms with Gasteiger partial charge >= 0.3 is 0 Å². The topological polar surface area (TPSA) is 71.0 Å². The Balaban J connectivity index is 1.31. The lowest BCUT2D eigenvalue weighted by Crippen LogP contribution is -2.42. The van der Waals surface area contributed by atoms with Crippen LogP contribution in [0.15, 0.2) is 47.9 Å². The molecule has 1 saturated heterocycles. The zero-order valence-corrected chi connectivity index (χ0v) is 17.3. The molecule has 1 N–H and O–H groups in total. The Hall–Kier alpha value is -2.76. The number of nitrogens with zero attached hydrogens (tertiary/aromatic N) is 4. The molecular weight excluding hydrogens is 362 g/mol. The maximum absolute atomic E-state index is 12.9. The molecule has 1 fully saturated rings. The highest BCUT2D eigenvalue weighted by Crippen LogP contribution is 2.33. The number of carbonyl (C=O) groups is 1. The summed E-state index contributed by atoms with van der Waals surface area (Å²) < 4.78 is 0. The van der Waals surface area contributed by atoms with Crippen molar-refractivity contribution in [3.63, 3.8) is 0 Å². The van der Waals surface area contributed by atoms with Crippen LogP contribution in [0.4, 0.5) is 11.6 Å². The van der Waals surface area contributed by atoms with Crippen molar-refractivity contribution in [2.24, 2.45) is 5.92 Å². The Bertz CT molecular complexity index is 870. The van der Waals surface area contributed by atoms with E-state index in [9.17, 15) is 4.79 Å². The number of allylic oxidation sites excluding steroid dienone is 2. The third kappa shape index (κ3) is 4.63. The van der Waals surface area contributed by atoms with Crippen LogP contribution in [0.5, 0.6) is 0 Å². The van der Waals surface area contributed by atoms with Gasteiger partial charge in [-0.2, -0.15) is 0 Å². The summed E-state index contributed by atoms with van der Waals surface area (Å²) in [5, 5.41) is 3.16. The summed E-state index contributed by atoms with van der Waals surface area (Å²) in [4.78, 5) is 28.0. The van der Waals surface area contributed by atoms with Crippen molar-refractivity contribution in [3.05, 3.63) is 53.6 Å². The first kappa shape index (κ1) is 19.6. The van der Waals surface area contributed by atoms with Crippen molar-refractivity contribution in [2.45, 2.75) is 51.9 Å². The van der Waals surface area contributed by atoms with E-state index in [-0.39, 0.29) is 5.92 Å². The Kier molecular flexibility index (Phi) is 5.88. The summed E-state index contributed by atoms with van der Waals surface area (Å²) >= 11 is 0. The van der Waals surface area contributed by atoms with Crippen LogP contribution in [0.1, 0.15) is 57.6 Å². The van der Waals surface area contributed by atoms with Crippen molar-refractivity contribution >= 4 is 17.5 Å². The minimum atomic E-state index is 0.180. The molecule has 0 radical (unpaired) electrons. The van der Waals surface area contributed by atoms with Gasteiger partial charge in [-0.05, 0) is 64.2 Å². The molecule has 4 rings (SSSR count). The number of hydrogen-bond donors (Lipinski definition) is 1. The van der Waals surface area contributed by atoms with Crippen molar-refractivity contribution in [2.75, 3.05) is 18.4 Å². The highest BCUT2D eigenvalue weighted by atomic mass is 16.2. The zero-order chi connectivity index (χ0) is 20.2. The second-order valence-corrected chi connectivity index (χ2v) is 8.27. The summed E-state index contributed by atoms with van der Waals surface area (Å²) in [5.74, 6) is 1.51. The monoisotopic (exact) mass is 391 g/mol. The van der Waals surface area contributed by atoms with Crippen LogP contribution in [-0.2, 0) is 4.79 Å². The molecule has 2 aliphatic rings. The molecule has 0 spiro atoms. The van der Waals surface area contributed by atoms with Crippen molar-refractivity contribution in [1.29, 1.82) is 0 Å². The van der Waals surface area contributed by atoms with Crippen molar-refractivity contribution in [3.8, 4) is 0 Å². The highest BCUT2D eigenvalue weighted by Gasteiger charge is 2.30. The summed E-state index contributed by atoms with van der Waals surface area (Å²) in [7, 11) is 0. The second kappa shape index (κ2) is 8.72. The van der Waals surface area contributed by atoms with Crippen molar-refractivity contribution < 1.29 is 4.79 Å². The molecule has 3 heterocycles. The van der Waals surface area contributed by atoms with E-state index in [2.05, 4.69) is 45.1 Å². The van der Waals surface area contributed by atoms with Gasteiger partial charge in [0.25, 0.3) is 0 Å². The maximum atomic E-state index is 12.9. The lowest BCUT2D eigenvalue weighted by Gasteiger charge is -2.35. The van der Waals surface area contributed by atoms with Gasteiger partial charge in [0.1, 0.15) is 0 Å². The molecule has 29 heavy (non-hydrogen) atoms. The van der Waals surface area contributed by atoms with E-state index < -0.39 is 0 Å². The molecule has 1 aliphatic carbocycles. The zero-order valence-electron chi connectivity index (χ0n) is 17.3. The van der Waals surface area contributed by atoms with Crippen LogP contribution in [0.25, 0.3) is 0 Å². The van der Waals surface area contributed by atoms with Crippen LogP contribution in [0.2, 0.25) is 0 Å². The smallest absolute Gasteiger partial charge is 0.227 e. The van der Waals surface area contributed by atoms with Crippen LogP contribution >= 0.6 is 0 Å². The first-order valence-corrected chi connectivity index (χ1v) is 10.5. The van der Waals surface area contributed by atoms with E-state index in [4.69, 9.17) is 0 Å². The molecule has 0 unspecified atom stereocenters. The number of aromatic nitrogens is 3. The normalized spacial score (nSPS) is 20.6. The number of hydrogen-bond acceptors (Lipinski definition) is 5. The largest absolute Gasteiger partial charge is 0.342 e. The molecular formula is C23H29N5O. The van der Waals surface area contributed by atoms with Crippen LogP contribution in [-0.4, -0.2) is 38.8 Å². The number of anilines is 2. The van der Waals surface area contributed by atoms with E-state index >= 15 is 0 Å². The highest BCUT2D eigenvalue weighted by molar-refractivity contribution is 5.79. The quantitative estimate of drug-likeness (QED) is 0.779. The van der Waals surface area contributed by atoms with Crippen molar-refractivity contribution in [1.82, 2.24) is 19.9 Å². The number of pyridine rings is 1. The SMILES string of the molecule is CC1=C(C)C[C@@H](C(=O)N2CCC(c3ccc(Nc4ncccn4)cn3)CC2)CC1. The fraction of sp³-hybridized carbons (Fsp3) is 0.478. The standard InChI is InChI=1S/C23H29N5O/c1-16-4-5-19(14-17(16)2)22(29)28-12-8-18(9-13-28)21-7-6-20(15-26-21)27-23-24-10-3-11-25-23/h3,6-7,10-11,15,18-19H,4-5,8-9,12-14H2,1-2H3,(H,24,25,27)/t19-/m0/s1. The molecule has 6 heteroatoms. The maximum Gasteiger partial charge on any atom is 0.227 e. The molecule has 0 aromatic carbocycles. The fourth-order valence-electron chi connectivity index (χ4n) is 4.33. The van der Waals surface area contributed by atoms with Gasteiger partial charge in [0.15, 0.2) is 0 Å². The number of piperidine rings is 1. The summed E-state index contributed by atoms with van der Waals surface area (Å²) in [5.41, 5.74) is 4.85. The van der Waals surface area contributed by atoms with Crippen LogP contribution in [0.3, 0.4) is 0 Å². The van der Waals surface area contributed by atoms with E-state index in [0.29, 0.717) is 17.8 Å². The molecule has 2 aromatic heterocycles. The molecule has 2 aromatic rings. The predicted octanol–water partition coefficient (Wildman–Crippen LogP) is 4.46. The number of carbonyl (C=O) groups excluding carboxylic acids is 1. The summed E-state index contributed by atoms with van der Waals surface area (Å²) in [6, 6.07) is 5.89. The molecule has 1 amide bonds. The van der Waals surface area contributed by atoms with Crippen LogP contribution in [0, 0.1) is 5.92 Å².